The van der Waals surface area contributed by atoms with Crippen LogP contribution in [0.1, 0.15) is 11.1 Å². The van der Waals surface area contributed by atoms with Crippen molar-refractivity contribution in [3.8, 4) is 17.1 Å². The summed E-state index contributed by atoms with van der Waals surface area (Å²) in [7, 11) is 3.67. The van der Waals surface area contributed by atoms with Crippen LogP contribution in [0.5, 0.6) is 5.75 Å². The Morgan fingerprint density at radius 2 is 1.90 bits per heavy atom. The van der Waals surface area contributed by atoms with E-state index in [0.29, 0.717) is 13.1 Å². The molecule has 31 heavy (non-hydrogen) atoms. The molecule has 0 saturated heterocycles. The van der Waals surface area contributed by atoms with E-state index in [1.807, 2.05) is 66.5 Å². The number of urea groups is 1. The number of rotatable bonds is 3. The number of imidazole rings is 1. The third-order valence-electron chi connectivity index (χ3n) is 5.87. The summed E-state index contributed by atoms with van der Waals surface area (Å²) in [5.74, 6) is 1.69. The van der Waals surface area contributed by atoms with E-state index in [1.54, 1.807) is 7.11 Å². The number of anilines is 1. The summed E-state index contributed by atoms with van der Waals surface area (Å²) in [5.41, 5.74) is 6.16. The lowest BCUT2D eigenvalue weighted by Crippen LogP contribution is -2.38. The van der Waals surface area contributed by atoms with Gasteiger partial charge in [-0.2, -0.15) is 0 Å². The van der Waals surface area contributed by atoms with Crippen molar-refractivity contribution in [3.63, 3.8) is 0 Å². The summed E-state index contributed by atoms with van der Waals surface area (Å²) >= 11 is 0. The van der Waals surface area contributed by atoms with Crippen molar-refractivity contribution >= 4 is 22.8 Å². The molecule has 6 nitrogen and oxygen atoms in total. The van der Waals surface area contributed by atoms with Gasteiger partial charge in [0, 0.05) is 31.4 Å². The Bertz CT molecular complexity index is 1280. The number of para-hydroxylation sites is 2. The van der Waals surface area contributed by atoms with E-state index in [9.17, 15) is 4.79 Å². The minimum atomic E-state index is -0.101. The highest BCUT2D eigenvalue weighted by molar-refractivity contribution is 5.90. The largest absolute Gasteiger partial charge is 0.497 e. The lowest BCUT2D eigenvalue weighted by molar-refractivity contribution is 0.206. The molecule has 0 aliphatic carbocycles. The Labute approximate surface area is 181 Å². The Hall–Kier alpha value is -3.80. The van der Waals surface area contributed by atoms with Gasteiger partial charge in [0.2, 0.25) is 0 Å². The molecule has 1 aliphatic heterocycles. The Balaban J connectivity index is 1.36. The Morgan fingerprint density at radius 3 is 2.74 bits per heavy atom. The van der Waals surface area contributed by atoms with E-state index in [1.165, 1.54) is 5.56 Å². The van der Waals surface area contributed by atoms with Gasteiger partial charge in [0.25, 0.3) is 0 Å². The predicted octanol–water partition coefficient (Wildman–Crippen LogP) is 4.84. The zero-order valence-corrected chi connectivity index (χ0v) is 17.6. The standard InChI is InChI=1S/C25H24N4O2/c1-28-23-9-4-3-8-22(23)27-24(28)18-6-5-7-20(14-18)26-25(30)29-13-12-17-10-11-21(31-2)15-19(17)16-29/h3-11,14-15H,12-13,16H2,1-2H3,(H,26,30). The van der Waals surface area contributed by atoms with Crippen molar-refractivity contribution in [2.75, 3.05) is 19.0 Å². The number of aryl methyl sites for hydroxylation is 1. The molecule has 1 aliphatic rings. The number of hydrogen-bond acceptors (Lipinski definition) is 3. The number of carbonyl (C=O) groups excluding carboxylic acids is 1. The number of ether oxygens (including phenoxy) is 1. The normalized spacial score (nSPS) is 13.2. The monoisotopic (exact) mass is 412 g/mol. The topological polar surface area (TPSA) is 59.4 Å². The molecule has 156 valence electrons. The maximum Gasteiger partial charge on any atom is 0.322 e. The molecule has 0 spiro atoms. The van der Waals surface area contributed by atoms with Gasteiger partial charge in [-0.1, -0.05) is 30.3 Å². The number of methoxy groups -OCH3 is 1. The van der Waals surface area contributed by atoms with E-state index >= 15 is 0 Å². The number of aromatic nitrogens is 2. The fourth-order valence-electron chi connectivity index (χ4n) is 4.18. The second kappa shape index (κ2) is 7.80. The molecule has 0 radical (unpaired) electrons. The summed E-state index contributed by atoms with van der Waals surface area (Å²) in [6, 6.07) is 21.9. The molecular formula is C25H24N4O2. The van der Waals surface area contributed by atoms with Gasteiger partial charge < -0.3 is 19.5 Å². The van der Waals surface area contributed by atoms with Gasteiger partial charge >= 0.3 is 6.03 Å². The van der Waals surface area contributed by atoms with Crippen molar-refractivity contribution in [2.24, 2.45) is 7.05 Å². The van der Waals surface area contributed by atoms with Crippen molar-refractivity contribution in [1.82, 2.24) is 14.5 Å². The fourth-order valence-corrected chi connectivity index (χ4v) is 4.18. The maximum atomic E-state index is 13.0. The number of hydrogen-bond donors (Lipinski definition) is 1. The first-order chi connectivity index (χ1) is 15.1. The number of benzene rings is 3. The van der Waals surface area contributed by atoms with Crippen molar-refractivity contribution < 1.29 is 9.53 Å². The lowest BCUT2D eigenvalue weighted by atomic mass is 10.00. The molecule has 2 amide bonds. The highest BCUT2D eigenvalue weighted by atomic mass is 16.5. The zero-order chi connectivity index (χ0) is 21.4. The first-order valence-corrected chi connectivity index (χ1v) is 10.4. The number of nitrogens with one attached hydrogen (secondary N) is 1. The number of amides is 2. The summed E-state index contributed by atoms with van der Waals surface area (Å²) < 4.78 is 7.41. The highest BCUT2D eigenvalue weighted by Crippen LogP contribution is 2.27. The Morgan fingerprint density at radius 1 is 1.03 bits per heavy atom. The third kappa shape index (κ3) is 3.61. The number of nitrogens with zero attached hydrogens (tertiary/aromatic N) is 3. The average Bonchev–Trinajstić information content (AvgIpc) is 3.15. The van der Waals surface area contributed by atoms with Gasteiger partial charge in [0.15, 0.2) is 0 Å². The maximum absolute atomic E-state index is 13.0. The average molecular weight is 412 g/mol. The second-order valence-corrected chi connectivity index (χ2v) is 7.80. The number of fused-ring (bicyclic) bond motifs is 2. The Kier molecular flexibility index (Phi) is 4.82. The van der Waals surface area contributed by atoms with E-state index in [0.717, 1.165) is 45.8 Å². The zero-order valence-electron chi connectivity index (χ0n) is 17.6. The molecule has 0 unspecified atom stereocenters. The summed E-state index contributed by atoms with van der Waals surface area (Å²) in [6.45, 7) is 1.26. The smallest absolute Gasteiger partial charge is 0.322 e. The molecule has 1 aromatic heterocycles. The van der Waals surface area contributed by atoms with Crippen molar-refractivity contribution in [3.05, 3.63) is 77.9 Å². The van der Waals surface area contributed by atoms with Gasteiger partial charge in [0.1, 0.15) is 11.6 Å². The van der Waals surface area contributed by atoms with Crippen LogP contribution in [0.4, 0.5) is 10.5 Å². The summed E-state index contributed by atoms with van der Waals surface area (Å²) in [6.07, 6.45) is 0.840. The van der Waals surface area contributed by atoms with Crippen LogP contribution in [0.3, 0.4) is 0 Å². The fraction of sp³-hybridized carbons (Fsp3) is 0.200. The molecule has 6 heteroatoms. The minimum absolute atomic E-state index is 0.101. The first-order valence-electron chi connectivity index (χ1n) is 10.4. The molecule has 0 atom stereocenters. The molecule has 3 aromatic carbocycles. The van der Waals surface area contributed by atoms with Crippen LogP contribution >= 0.6 is 0 Å². The molecule has 4 aromatic rings. The van der Waals surface area contributed by atoms with E-state index in [-0.39, 0.29) is 6.03 Å². The van der Waals surface area contributed by atoms with Gasteiger partial charge in [-0.15, -0.1) is 0 Å². The molecule has 2 heterocycles. The summed E-state index contributed by atoms with van der Waals surface area (Å²) in [4.78, 5) is 19.5. The van der Waals surface area contributed by atoms with Crippen LogP contribution in [0.25, 0.3) is 22.4 Å². The van der Waals surface area contributed by atoms with E-state index < -0.39 is 0 Å². The summed E-state index contributed by atoms with van der Waals surface area (Å²) in [5, 5.41) is 3.05. The van der Waals surface area contributed by atoms with Crippen molar-refractivity contribution in [2.45, 2.75) is 13.0 Å². The lowest BCUT2D eigenvalue weighted by Gasteiger charge is -2.29. The third-order valence-corrected chi connectivity index (χ3v) is 5.87. The number of carbonyl (C=O) groups is 1. The second-order valence-electron chi connectivity index (χ2n) is 7.80. The SMILES string of the molecule is COc1ccc2c(c1)CN(C(=O)Nc1cccc(-c3nc4ccccc4n3C)c1)CC2. The van der Waals surface area contributed by atoms with Crippen LogP contribution in [0, 0.1) is 0 Å². The molecular weight excluding hydrogens is 388 g/mol. The van der Waals surface area contributed by atoms with E-state index in [4.69, 9.17) is 9.72 Å². The van der Waals surface area contributed by atoms with Gasteiger partial charge in [-0.05, 0) is 53.9 Å². The predicted molar refractivity (Wildman–Crippen MR) is 122 cm³/mol. The molecule has 1 N–H and O–H groups in total. The molecule has 0 saturated carbocycles. The van der Waals surface area contributed by atoms with E-state index in [2.05, 4.69) is 22.0 Å². The van der Waals surface area contributed by atoms with Gasteiger partial charge in [0.05, 0.1) is 18.1 Å². The quantitative estimate of drug-likeness (QED) is 0.524. The van der Waals surface area contributed by atoms with Crippen LogP contribution in [0.15, 0.2) is 66.7 Å². The van der Waals surface area contributed by atoms with Gasteiger partial charge in [-0.3, -0.25) is 0 Å². The van der Waals surface area contributed by atoms with Crippen LogP contribution in [0.2, 0.25) is 0 Å². The van der Waals surface area contributed by atoms with Crippen LogP contribution in [-0.4, -0.2) is 34.1 Å². The molecule has 5 rings (SSSR count). The first kappa shape index (κ1) is 19.2. The van der Waals surface area contributed by atoms with Gasteiger partial charge in [-0.25, -0.2) is 9.78 Å². The van der Waals surface area contributed by atoms with Crippen LogP contribution in [-0.2, 0) is 20.0 Å². The molecule has 0 fully saturated rings. The van der Waals surface area contributed by atoms with Crippen LogP contribution < -0.4 is 10.1 Å². The highest BCUT2D eigenvalue weighted by Gasteiger charge is 2.21. The molecule has 0 bridgehead atoms. The van der Waals surface area contributed by atoms with Crippen molar-refractivity contribution in [1.29, 1.82) is 0 Å². The minimum Gasteiger partial charge on any atom is -0.497 e.